The van der Waals surface area contributed by atoms with E-state index in [1.807, 2.05) is 0 Å². The molecule has 1 aromatic rings. The highest BCUT2D eigenvalue weighted by Gasteiger charge is 1.97. The summed E-state index contributed by atoms with van der Waals surface area (Å²) in [6.45, 7) is 0.754. The second-order valence-electron chi connectivity index (χ2n) is 1.87. The highest BCUT2D eigenvalue weighted by Crippen LogP contribution is 2.24. The average molecular weight is 190 g/mol. The van der Waals surface area contributed by atoms with Gasteiger partial charge in [-0.2, -0.15) is 0 Å². The van der Waals surface area contributed by atoms with Gasteiger partial charge in [0.05, 0.1) is 12.8 Å². The lowest BCUT2D eigenvalue weighted by Gasteiger charge is -1.94. The van der Waals surface area contributed by atoms with E-state index in [4.69, 9.17) is 10.5 Å². The summed E-state index contributed by atoms with van der Waals surface area (Å²) in [5, 5.41) is 0.768. The van der Waals surface area contributed by atoms with Crippen LogP contribution < -0.4 is 5.73 Å². The average Bonchev–Trinajstić information content (AvgIpc) is 2.37. The number of anilines is 1. The Bertz CT molecular complexity index is 214. The zero-order valence-corrected chi connectivity index (χ0v) is 7.87. The standard InChI is InChI=1S/C6H10N2OS2/c1-9-2-3-10-6-8-4-5(7)11-6/h4H,2-3,7H2,1H3. The number of ether oxygens (including phenoxy) is 1. The van der Waals surface area contributed by atoms with Gasteiger partial charge in [-0.15, -0.1) is 0 Å². The molecular weight excluding hydrogens is 180 g/mol. The third-order valence-electron chi connectivity index (χ3n) is 1.02. The van der Waals surface area contributed by atoms with E-state index in [1.165, 1.54) is 11.3 Å². The van der Waals surface area contributed by atoms with Gasteiger partial charge in [-0.05, 0) is 0 Å². The lowest BCUT2D eigenvalue weighted by Crippen LogP contribution is -1.90. The molecule has 0 atom stereocenters. The van der Waals surface area contributed by atoms with Gasteiger partial charge in [0.1, 0.15) is 5.00 Å². The maximum absolute atomic E-state index is 5.49. The molecule has 0 bridgehead atoms. The number of nitrogen functional groups attached to an aromatic ring is 1. The third kappa shape index (κ3) is 3.09. The summed E-state index contributed by atoms with van der Waals surface area (Å²) < 4.78 is 5.91. The van der Waals surface area contributed by atoms with Crippen LogP contribution in [0.25, 0.3) is 0 Å². The molecular formula is C6H10N2OS2. The molecule has 0 unspecified atom stereocenters. The van der Waals surface area contributed by atoms with Crippen LogP contribution in [0, 0.1) is 0 Å². The van der Waals surface area contributed by atoms with Gasteiger partial charge in [-0.25, -0.2) is 4.98 Å². The van der Waals surface area contributed by atoms with Crippen LogP contribution in [0.1, 0.15) is 0 Å². The Kier molecular flexibility index (Phi) is 3.68. The SMILES string of the molecule is COCCSc1ncc(N)s1. The summed E-state index contributed by atoms with van der Waals surface area (Å²) in [5.74, 6) is 0.934. The highest BCUT2D eigenvalue weighted by atomic mass is 32.2. The quantitative estimate of drug-likeness (QED) is 0.577. The monoisotopic (exact) mass is 190 g/mol. The van der Waals surface area contributed by atoms with Crippen molar-refractivity contribution < 1.29 is 4.74 Å². The van der Waals surface area contributed by atoms with Crippen molar-refractivity contribution in [2.75, 3.05) is 25.2 Å². The molecule has 0 aliphatic rings. The fraction of sp³-hybridized carbons (Fsp3) is 0.500. The van der Waals surface area contributed by atoms with Crippen LogP contribution in [0.3, 0.4) is 0 Å². The van der Waals surface area contributed by atoms with Gasteiger partial charge in [0.15, 0.2) is 4.34 Å². The number of nitrogens with zero attached hydrogens (tertiary/aromatic N) is 1. The van der Waals surface area contributed by atoms with Crippen molar-refractivity contribution in [1.82, 2.24) is 4.98 Å². The van der Waals surface area contributed by atoms with Crippen molar-refractivity contribution in [1.29, 1.82) is 0 Å². The van der Waals surface area contributed by atoms with Crippen molar-refractivity contribution in [3.63, 3.8) is 0 Å². The Balaban J connectivity index is 2.27. The number of methoxy groups -OCH3 is 1. The number of nitrogens with two attached hydrogens (primary N) is 1. The maximum Gasteiger partial charge on any atom is 0.151 e. The predicted molar refractivity (Wildman–Crippen MR) is 49.1 cm³/mol. The Morgan fingerprint density at radius 3 is 3.18 bits per heavy atom. The molecule has 0 aromatic carbocycles. The van der Waals surface area contributed by atoms with E-state index < -0.39 is 0 Å². The molecule has 1 heterocycles. The molecule has 11 heavy (non-hydrogen) atoms. The fourth-order valence-electron chi connectivity index (χ4n) is 0.549. The Morgan fingerprint density at radius 1 is 1.82 bits per heavy atom. The summed E-state index contributed by atoms with van der Waals surface area (Å²) in [6, 6.07) is 0. The van der Waals surface area contributed by atoms with Gasteiger partial charge in [0.2, 0.25) is 0 Å². The van der Waals surface area contributed by atoms with Crippen LogP contribution in [0.15, 0.2) is 10.5 Å². The van der Waals surface area contributed by atoms with Crippen LogP contribution in [0.5, 0.6) is 0 Å². The molecule has 62 valence electrons. The Morgan fingerprint density at radius 2 is 2.64 bits per heavy atom. The van der Waals surface area contributed by atoms with Crippen LogP contribution in [-0.4, -0.2) is 24.5 Å². The van der Waals surface area contributed by atoms with E-state index in [-0.39, 0.29) is 0 Å². The first-order chi connectivity index (χ1) is 5.33. The van der Waals surface area contributed by atoms with E-state index in [2.05, 4.69) is 4.98 Å². The lowest BCUT2D eigenvalue weighted by molar-refractivity contribution is 0.218. The van der Waals surface area contributed by atoms with Crippen molar-refractivity contribution in [2.24, 2.45) is 0 Å². The van der Waals surface area contributed by atoms with E-state index >= 15 is 0 Å². The van der Waals surface area contributed by atoms with Crippen LogP contribution in [0.4, 0.5) is 5.00 Å². The molecule has 0 amide bonds. The van der Waals surface area contributed by atoms with Crippen molar-refractivity contribution in [2.45, 2.75) is 4.34 Å². The molecule has 2 N–H and O–H groups in total. The van der Waals surface area contributed by atoms with Gasteiger partial charge in [-0.3, -0.25) is 0 Å². The minimum absolute atomic E-state index is 0.754. The maximum atomic E-state index is 5.49. The summed E-state index contributed by atoms with van der Waals surface area (Å²) in [6.07, 6.45) is 1.68. The second-order valence-corrected chi connectivity index (χ2v) is 4.27. The third-order valence-corrected chi connectivity index (χ3v) is 2.96. The first-order valence-electron chi connectivity index (χ1n) is 3.16. The first kappa shape index (κ1) is 8.83. The van der Waals surface area contributed by atoms with Gasteiger partial charge in [-0.1, -0.05) is 23.1 Å². The highest BCUT2D eigenvalue weighted by molar-refractivity contribution is 8.01. The van der Waals surface area contributed by atoms with Crippen molar-refractivity contribution in [3.8, 4) is 0 Å². The Labute approximate surface area is 74.0 Å². The minimum atomic E-state index is 0.754. The minimum Gasteiger partial charge on any atom is -0.389 e. The van der Waals surface area contributed by atoms with Crippen LogP contribution in [0.2, 0.25) is 0 Å². The number of hydrogen-bond donors (Lipinski definition) is 1. The normalized spacial score (nSPS) is 10.3. The smallest absolute Gasteiger partial charge is 0.151 e. The van der Waals surface area contributed by atoms with Crippen molar-refractivity contribution in [3.05, 3.63) is 6.20 Å². The first-order valence-corrected chi connectivity index (χ1v) is 4.96. The number of thiazole rings is 1. The number of rotatable bonds is 4. The summed E-state index contributed by atoms with van der Waals surface area (Å²) >= 11 is 3.18. The van der Waals surface area contributed by atoms with Gasteiger partial charge in [0.25, 0.3) is 0 Å². The molecule has 0 spiro atoms. The fourth-order valence-corrected chi connectivity index (χ4v) is 2.29. The summed E-state index contributed by atoms with van der Waals surface area (Å²) in [7, 11) is 1.69. The van der Waals surface area contributed by atoms with Crippen LogP contribution >= 0.6 is 23.1 Å². The topological polar surface area (TPSA) is 48.1 Å². The van der Waals surface area contributed by atoms with E-state index in [0.29, 0.717) is 0 Å². The number of hydrogen-bond acceptors (Lipinski definition) is 5. The molecule has 0 fully saturated rings. The van der Waals surface area contributed by atoms with Crippen molar-refractivity contribution >= 4 is 28.1 Å². The largest absolute Gasteiger partial charge is 0.389 e. The number of aromatic nitrogens is 1. The molecule has 3 nitrogen and oxygen atoms in total. The Hall–Kier alpha value is -0.260. The lowest BCUT2D eigenvalue weighted by atomic mass is 10.9. The predicted octanol–water partition coefficient (Wildman–Crippen LogP) is 1.46. The molecule has 0 radical (unpaired) electrons. The van der Waals surface area contributed by atoms with E-state index in [9.17, 15) is 0 Å². The summed E-state index contributed by atoms with van der Waals surface area (Å²) in [4.78, 5) is 4.09. The van der Waals surface area contributed by atoms with Gasteiger partial charge >= 0.3 is 0 Å². The van der Waals surface area contributed by atoms with E-state index in [0.717, 1.165) is 21.7 Å². The zero-order chi connectivity index (χ0) is 8.10. The van der Waals surface area contributed by atoms with Gasteiger partial charge < -0.3 is 10.5 Å². The molecule has 5 heteroatoms. The number of thioether (sulfide) groups is 1. The molecule has 0 aliphatic carbocycles. The molecule has 0 saturated carbocycles. The van der Waals surface area contributed by atoms with Crippen LogP contribution in [-0.2, 0) is 4.74 Å². The molecule has 0 saturated heterocycles. The van der Waals surface area contributed by atoms with Gasteiger partial charge in [0, 0.05) is 12.9 Å². The molecule has 1 rings (SSSR count). The molecule has 1 aromatic heterocycles. The molecule has 0 aliphatic heterocycles. The second kappa shape index (κ2) is 4.58. The summed E-state index contributed by atoms with van der Waals surface area (Å²) in [5.41, 5.74) is 5.49. The van der Waals surface area contributed by atoms with E-state index in [1.54, 1.807) is 25.1 Å². The zero-order valence-electron chi connectivity index (χ0n) is 6.24.